The molecule has 1 unspecified atom stereocenters. The van der Waals surface area contributed by atoms with E-state index in [0.717, 1.165) is 47.7 Å². The molecule has 0 spiro atoms. The van der Waals surface area contributed by atoms with Crippen molar-refractivity contribution in [1.82, 2.24) is 24.8 Å². The van der Waals surface area contributed by atoms with Gasteiger partial charge in [-0.1, -0.05) is 30.3 Å². The summed E-state index contributed by atoms with van der Waals surface area (Å²) in [6.07, 6.45) is 5.82. The second kappa shape index (κ2) is 13.8. The van der Waals surface area contributed by atoms with Gasteiger partial charge >= 0.3 is 12.1 Å². The number of carbonyl (C=O) groups is 1. The monoisotopic (exact) mass is 607 g/mol. The molecule has 0 bridgehead atoms. The van der Waals surface area contributed by atoms with Crippen LogP contribution in [-0.4, -0.2) is 95.9 Å². The summed E-state index contributed by atoms with van der Waals surface area (Å²) >= 11 is 0. The minimum atomic E-state index is -0.415. The Balaban J connectivity index is 1.24. The van der Waals surface area contributed by atoms with Gasteiger partial charge in [0.15, 0.2) is 0 Å². The molecule has 2 fully saturated rings. The van der Waals surface area contributed by atoms with E-state index in [1.165, 1.54) is 0 Å². The SMILES string of the molecule is [C-]#[N+]CC1CN(c2nc(OC[C@@H]3CCCN3C)nc3c2CCN(c2cnccc2C#N)C3)CCN1C(=O)OCc1ccccc1. The molecule has 5 heterocycles. The van der Waals surface area contributed by atoms with Crippen LogP contribution < -0.4 is 14.5 Å². The lowest BCUT2D eigenvalue weighted by atomic mass is 10.0. The number of carbonyl (C=O) groups excluding carboxylic acids is 1. The van der Waals surface area contributed by atoms with Crippen molar-refractivity contribution in [3.63, 3.8) is 0 Å². The van der Waals surface area contributed by atoms with Crippen LogP contribution in [0, 0.1) is 17.9 Å². The van der Waals surface area contributed by atoms with Crippen LogP contribution in [0.3, 0.4) is 0 Å². The van der Waals surface area contributed by atoms with Crippen molar-refractivity contribution in [2.75, 3.05) is 62.7 Å². The van der Waals surface area contributed by atoms with Gasteiger partial charge in [-0.3, -0.25) is 9.88 Å². The van der Waals surface area contributed by atoms with E-state index in [1.807, 2.05) is 30.3 Å². The van der Waals surface area contributed by atoms with Crippen LogP contribution in [0.4, 0.5) is 16.3 Å². The van der Waals surface area contributed by atoms with Crippen molar-refractivity contribution < 1.29 is 14.3 Å². The van der Waals surface area contributed by atoms with Gasteiger partial charge in [0, 0.05) is 44.0 Å². The summed E-state index contributed by atoms with van der Waals surface area (Å²) in [5.41, 5.74) is 4.14. The number of likely N-dealkylation sites (N-methyl/N-ethyl adjacent to an activating group) is 1. The molecule has 45 heavy (non-hydrogen) atoms. The number of pyridine rings is 1. The lowest BCUT2D eigenvalue weighted by molar-refractivity contribution is 0.0788. The number of benzene rings is 1. The van der Waals surface area contributed by atoms with E-state index in [0.29, 0.717) is 63.4 Å². The fraction of sp³-hybridized carbons (Fsp3) is 0.455. The van der Waals surface area contributed by atoms with Crippen LogP contribution >= 0.6 is 0 Å². The smallest absolute Gasteiger partial charge is 0.410 e. The van der Waals surface area contributed by atoms with Crippen LogP contribution in [0.15, 0.2) is 48.8 Å². The van der Waals surface area contributed by atoms with E-state index in [2.05, 4.69) is 37.6 Å². The highest BCUT2D eigenvalue weighted by atomic mass is 16.6. The lowest BCUT2D eigenvalue weighted by Crippen LogP contribution is -2.57. The van der Waals surface area contributed by atoms with Gasteiger partial charge in [-0.05, 0) is 44.5 Å². The van der Waals surface area contributed by atoms with Gasteiger partial charge in [0.05, 0.1) is 29.7 Å². The third-order valence-electron chi connectivity index (χ3n) is 8.88. The highest BCUT2D eigenvalue weighted by Gasteiger charge is 2.36. The molecule has 2 aromatic heterocycles. The van der Waals surface area contributed by atoms with Crippen LogP contribution in [0.1, 0.15) is 35.2 Å². The van der Waals surface area contributed by atoms with Crippen molar-refractivity contribution in [3.8, 4) is 12.1 Å². The predicted octanol–water partition coefficient (Wildman–Crippen LogP) is 3.53. The van der Waals surface area contributed by atoms with Crippen LogP contribution in [-0.2, 0) is 24.3 Å². The number of nitriles is 1. The van der Waals surface area contributed by atoms with E-state index in [-0.39, 0.29) is 19.2 Å². The number of hydrogen-bond donors (Lipinski definition) is 0. The molecular weight excluding hydrogens is 570 g/mol. The summed E-state index contributed by atoms with van der Waals surface area (Å²) in [7, 11) is 2.11. The molecule has 6 rings (SSSR count). The molecule has 2 saturated heterocycles. The summed E-state index contributed by atoms with van der Waals surface area (Å²) < 4.78 is 11.9. The first-order valence-corrected chi connectivity index (χ1v) is 15.4. The van der Waals surface area contributed by atoms with E-state index in [1.54, 1.807) is 23.4 Å². The highest BCUT2D eigenvalue weighted by molar-refractivity contribution is 5.69. The van der Waals surface area contributed by atoms with Gasteiger partial charge in [-0.15, -0.1) is 0 Å². The molecule has 1 aromatic carbocycles. The van der Waals surface area contributed by atoms with Crippen LogP contribution in [0.25, 0.3) is 4.85 Å². The van der Waals surface area contributed by atoms with Crippen molar-refractivity contribution >= 4 is 17.6 Å². The third kappa shape index (κ3) is 6.76. The molecule has 1 amide bonds. The summed E-state index contributed by atoms with van der Waals surface area (Å²) in [6.45, 7) is 12.0. The average molecular weight is 608 g/mol. The highest BCUT2D eigenvalue weighted by Crippen LogP contribution is 2.33. The summed E-state index contributed by atoms with van der Waals surface area (Å²) in [5.74, 6) is 0.786. The largest absolute Gasteiger partial charge is 0.462 e. The Kier molecular flexibility index (Phi) is 9.22. The molecule has 12 nitrogen and oxygen atoms in total. The molecular formula is C33H37N9O3. The minimum absolute atomic E-state index is 0.160. The fourth-order valence-electron chi connectivity index (χ4n) is 6.37. The third-order valence-corrected chi connectivity index (χ3v) is 8.88. The molecule has 2 atom stereocenters. The number of anilines is 2. The number of ether oxygens (including phenoxy) is 2. The molecule has 12 heteroatoms. The predicted molar refractivity (Wildman–Crippen MR) is 168 cm³/mol. The number of nitrogens with zero attached hydrogens (tertiary/aromatic N) is 9. The zero-order valence-electron chi connectivity index (χ0n) is 25.5. The van der Waals surface area contributed by atoms with E-state index in [9.17, 15) is 10.1 Å². The number of fused-ring (bicyclic) bond motifs is 1. The van der Waals surface area contributed by atoms with E-state index in [4.69, 9.17) is 26.0 Å². The van der Waals surface area contributed by atoms with Crippen LogP contribution in [0.2, 0.25) is 0 Å². The number of rotatable bonds is 8. The summed E-state index contributed by atoms with van der Waals surface area (Å²) in [5, 5.41) is 9.70. The second-order valence-electron chi connectivity index (χ2n) is 11.7. The Morgan fingerprint density at radius 2 is 1.98 bits per heavy atom. The lowest BCUT2D eigenvalue weighted by Gasteiger charge is -2.40. The normalized spacial score (nSPS) is 19.8. The number of likely N-dealkylation sites (tertiary alicyclic amines) is 1. The first-order valence-electron chi connectivity index (χ1n) is 15.4. The standard InChI is InChI=1S/C33H37N9O3/c1-35-18-27-20-41(15-16-42(27)33(43)45-22-24-7-4-3-5-8-24)31-28-11-14-40(30-19-36-12-10-25(30)17-34)21-29(28)37-32(38-31)44-23-26-9-6-13-39(26)2/h3-5,7-8,10,12,19,26-27H,6,9,11,13-16,18,20-23H2,2H3/t26-,27?/m0/s1. The van der Waals surface area contributed by atoms with Gasteiger partial charge in [-0.2, -0.15) is 15.2 Å². The number of hydrogen-bond acceptors (Lipinski definition) is 10. The Bertz CT molecular complexity index is 1590. The maximum atomic E-state index is 13.1. The molecule has 3 aliphatic heterocycles. The first-order chi connectivity index (χ1) is 22.0. The Labute approximate surface area is 263 Å². The average Bonchev–Trinajstić information content (AvgIpc) is 3.50. The van der Waals surface area contributed by atoms with Crippen LogP contribution in [0.5, 0.6) is 6.01 Å². The fourth-order valence-corrected chi connectivity index (χ4v) is 6.37. The van der Waals surface area contributed by atoms with Gasteiger partial charge in [0.1, 0.15) is 31.1 Å². The first kappa shape index (κ1) is 30.1. The Hall–Kier alpha value is -4.94. The van der Waals surface area contributed by atoms with Crippen molar-refractivity contribution in [3.05, 3.63) is 82.6 Å². The zero-order valence-corrected chi connectivity index (χ0v) is 25.5. The molecule has 0 aliphatic carbocycles. The molecule has 232 valence electrons. The van der Waals surface area contributed by atoms with Gasteiger partial charge < -0.3 is 29.0 Å². The topological polar surface area (TPSA) is 115 Å². The molecule has 0 N–H and O–H groups in total. The number of piperazine rings is 1. The minimum Gasteiger partial charge on any atom is -0.462 e. The second-order valence-corrected chi connectivity index (χ2v) is 11.7. The quantitative estimate of drug-likeness (QED) is 0.352. The summed E-state index contributed by atoms with van der Waals surface area (Å²) in [6, 6.07) is 13.9. The van der Waals surface area contributed by atoms with Gasteiger partial charge in [-0.25, -0.2) is 11.4 Å². The van der Waals surface area contributed by atoms with Crippen molar-refractivity contribution in [2.45, 2.75) is 44.5 Å². The molecule has 3 aliphatic rings. The Morgan fingerprint density at radius 1 is 1.11 bits per heavy atom. The summed E-state index contributed by atoms with van der Waals surface area (Å²) in [4.78, 5) is 39.2. The molecule has 0 saturated carbocycles. The molecule has 0 radical (unpaired) electrons. The zero-order chi connectivity index (χ0) is 31.2. The van der Waals surface area contributed by atoms with Crippen molar-refractivity contribution in [2.24, 2.45) is 0 Å². The van der Waals surface area contributed by atoms with E-state index < -0.39 is 6.09 Å². The maximum absolute atomic E-state index is 13.1. The van der Waals surface area contributed by atoms with Gasteiger partial charge in [0.25, 0.3) is 0 Å². The maximum Gasteiger partial charge on any atom is 0.410 e. The van der Waals surface area contributed by atoms with Crippen molar-refractivity contribution in [1.29, 1.82) is 5.26 Å². The van der Waals surface area contributed by atoms with Gasteiger partial charge in [0.2, 0.25) is 6.54 Å². The Morgan fingerprint density at radius 3 is 2.76 bits per heavy atom. The molecule has 3 aromatic rings. The van der Waals surface area contributed by atoms with E-state index >= 15 is 0 Å². The number of amides is 1. The number of aromatic nitrogens is 3.